The van der Waals surface area contributed by atoms with Gasteiger partial charge in [0.05, 0.1) is 5.56 Å². The van der Waals surface area contributed by atoms with Crippen LogP contribution in [0.4, 0.5) is 19.0 Å². The van der Waals surface area contributed by atoms with E-state index in [4.69, 9.17) is 4.74 Å². The van der Waals surface area contributed by atoms with Crippen molar-refractivity contribution in [1.29, 1.82) is 0 Å². The van der Waals surface area contributed by atoms with E-state index in [2.05, 4.69) is 33.9 Å². The van der Waals surface area contributed by atoms with Crippen LogP contribution in [-0.4, -0.2) is 23.1 Å². The molecule has 160 valence electrons. The Labute approximate surface area is 179 Å². The Hall–Kier alpha value is -3.35. The highest BCUT2D eigenvalue weighted by atomic mass is 19.4. The van der Waals surface area contributed by atoms with Gasteiger partial charge in [-0.05, 0) is 61.2 Å². The van der Waals surface area contributed by atoms with E-state index in [1.165, 1.54) is 17.2 Å². The lowest BCUT2D eigenvalue weighted by molar-refractivity contribution is -0.137. The molecular weight excluding hydrogens is 403 g/mol. The Balaban J connectivity index is 1.40. The molecule has 0 unspecified atom stereocenters. The van der Waals surface area contributed by atoms with Crippen LogP contribution >= 0.6 is 0 Å². The number of anilines is 1. The molecule has 0 spiro atoms. The number of benzene rings is 1. The van der Waals surface area contributed by atoms with Crippen molar-refractivity contribution in [3.63, 3.8) is 0 Å². The fourth-order valence-electron chi connectivity index (χ4n) is 3.49. The molecule has 0 radical (unpaired) electrons. The van der Waals surface area contributed by atoms with Crippen molar-refractivity contribution in [2.24, 2.45) is 0 Å². The fraction of sp³-hybridized carbons (Fsp3) is 0.250. The second-order valence-electron chi connectivity index (χ2n) is 7.54. The second kappa shape index (κ2) is 8.79. The summed E-state index contributed by atoms with van der Waals surface area (Å²) in [5.41, 5.74) is 2.73. The molecule has 0 amide bonds. The molecule has 4 rings (SSSR count). The summed E-state index contributed by atoms with van der Waals surface area (Å²) >= 11 is 0. The number of rotatable bonds is 4. The van der Waals surface area contributed by atoms with Crippen LogP contribution in [0, 0.1) is 6.92 Å². The van der Waals surface area contributed by atoms with E-state index in [-0.39, 0.29) is 5.88 Å². The molecule has 0 saturated carbocycles. The molecular formula is C24H22F3N3O. The molecule has 0 bridgehead atoms. The largest absolute Gasteiger partial charge is 0.439 e. The Kier molecular flexibility index (Phi) is 5.93. The Morgan fingerprint density at radius 2 is 1.81 bits per heavy atom. The van der Waals surface area contributed by atoms with E-state index in [1.54, 1.807) is 6.07 Å². The molecule has 3 aromatic rings. The highest BCUT2D eigenvalue weighted by Crippen LogP contribution is 2.30. The topological polar surface area (TPSA) is 38.2 Å². The summed E-state index contributed by atoms with van der Waals surface area (Å²) in [6, 6.07) is 13.7. The first kappa shape index (κ1) is 20.9. The zero-order chi connectivity index (χ0) is 21.8. The molecule has 2 aromatic heterocycles. The van der Waals surface area contributed by atoms with Gasteiger partial charge in [-0.1, -0.05) is 23.8 Å². The number of aryl methyl sites for hydroxylation is 1. The third-order valence-corrected chi connectivity index (χ3v) is 5.15. The molecule has 0 aliphatic carbocycles. The van der Waals surface area contributed by atoms with Crippen molar-refractivity contribution in [3.05, 3.63) is 83.2 Å². The second-order valence-corrected chi connectivity index (χ2v) is 7.54. The summed E-state index contributed by atoms with van der Waals surface area (Å²) < 4.78 is 43.6. The summed E-state index contributed by atoms with van der Waals surface area (Å²) in [6.07, 6.45) is 2.24. The summed E-state index contributed by atoms with van der Waals surface area (Å²) in [5.74, 6) is 1.67. The van der Waals surface area contributed by atoms with Crippen LogP contribution < -0.4 is 9.64 Å². The number of halogens is 3. The van der Waals surface area contributed by atoms with Gasteiger partial charge in [-0.25, -0.2) is 9.97 Å². The summed E-state index contributed by atoms with van der Waals surface area (Å²) in [7, 11) is 0. The van der Waals surface area contributed by atoms with Gasteiger partial charge < -0.3 is 9.64 Å². The van der Waals surface area contributed by atoms with Crippen molar-refractivity contribution >= 4 is 11.9 Å². The lowest BCUT2D eigenvalue weighted by Crippen LogP contribution is -2.31. The van der Waals surface area contributed by atoms with E-state index < -0.39 is 11.7 Å². The van der Waals surface area contributed by atoms with Gasteiger partial charge in [-0.3, -0.25) is 0 Å². The molecule has 4 nitrogen and oxygen atoms in total. The van der Waals surface area contributed by atoms with Crippen molar-refractivity contribution in [2.45, 2.75) is 25.9 Å². The number of hydrogen-bond donors (Lipinski definition) is 0. The number of ether oxygens (including phenoxy) is 1. The van der Waals surface area contributed by atoms with Gasteiger partial charge in [0, 0.05) is 31.5 Å². The Morgan fingerprint density at radius 3 is 2.48 bits per heavy atom. The quantitative estimate of drug-likeness (QED) is 0.493. The monoisotopic (exact) mass is 425 g/mol. The van der Waals surface area contributed by atoms with Crippen LogP contribution in [0.1, 0.15) is 29.5 Å². The summed E-state index contributed by atoms with van der Waals surface area (Å²) in [5, 5.41) is 0. The highest BCUT2D eigenvalue weighted by Gasteiger charge is 2.30. The molecule has 1 aliphatic heterocycles. The van der Waals surface area contributed by atoms with Crippen molar-refractivity contribution < 1.29 is 17.9 Å². The van der Waals surface area contributed by atoms with Crippen LogP contribution in [0.15, 0.2) is 66.5 Å². The van der Waals surface area contributed by atoms with Crippen molar-refractivity contribution in [2.75, 3.05) is 18.0 Å². The van der Waals surface area contributed by atoms with Crippen LogP contribution in [0.5, 0.6) is 11.6 Å². The molecule has 1 saturated heterocycles. The number of hydrogen-bond acceptors (Lipinski definition) is 4. The average Bonchev–Trinajstić information content (AvgIpc) is 2.74. The third kappa shape index (κ3) is 5.42. The number of alkyl halides is 3. The predicted octanol–water partition coefficient (Wildman–Crippen LogP) is 6.28. The number of nitrogens with zero attached hydrogens (tertiary/aromatic N) is 3. The molecule has 31 heavy (non-hydrogen) atoms. The Bertz CT molecular complexity index is 1070. The summed E-state index contributed by atoms with van der Waals surface area (Å²) in [4.78, 5) is 10.5. The minimum atomic E-state index is -4.41. The molecule has 1 aromatic carbocycles. The zero-order valence-corrected chi connectivity index (χ0v) is 17.1. The normalized spacial score (nSPS) is 14.5. The highest BCUT2D eigenvalue weighted by molar-refractivity contribution is 5.56. The first-order valence-corrected chi connectivity index (χ1v) is 10.0. The smallest absolute Gasteiger partial charge is 0.417 e. The molecule has 1 fully saturated rings. The molecule has 0 atom stereocenters. The van der Waals surface area contributed by atoms with E-state index in [9.17, 15) is 13.2 Å². The van der Waals surface area contributed by atoms with Gasteiger partial charge in [-0.2, -0.15) is 13.2 Å². The van der Waals surface area contributed by atoms with Gasteiger partial charge in [-0.15, -0.1) is 0 Å². The predicted molar refractivity (Wildman–Crippen MR) is 114 cm³/mol. The molecule has 7 heteroatoms. The van der Waals surface area contributed by atoms with Crippen LogP contribution in [0.2, 0.25) is 0 Å². The zero-order valence-electron chi connectivity index (χ0n) is 17.1. The standard InChI is InChI=1S/C24H22F3N3O/c1-17-7-10-28-22(13-17)30-11-8-18(9-12-30)14-19-3-2-4-21(15-19)31-23-6-5-20(16-29-23)24(25,26)27/h2-7,10,13-16H,8-9,11-12H2,1H3. The van der Waals surface area contributed by atoms with E-state index in [0.717, 1.165) is 49.6 Å². The maximum atomic E-state index is 12.7. The van der Waals surface area contributed by atoms with Gasteiger partial charge in [0.15, 0.2) is 0 Å². The lowest BCUT2D eigenvalue weighted by atomic mass is 10.0. The SMILES string of the molecule is Cc1ccnc(N2CCC(=Cc3cccc(Oc4ccc(C(F)(F)F)cn4)c3)CC2)c1. The maximum absolute atomic E-state index is 12.7. The molecule has 3 heterocycles. The minimum Gasteiger partial charge on any atom is -0.439 e. The van der Waals surface area contributed by atoms with Gasteiger partial charge in [0.2, 0.25) is 5.88 Å². The third-order valence-electron chi connectivity index (χ3n) is 5.15. The van der Waals surface area contributed by atoms with Crippen molar-refractivity contribution in [3.8, 4) is 11.6 Å². The van der Waals surface area contributed by atoms with Gasteiger partial charge in [0.25, 0.3) is 0 Å². The van der Waals surface area contributed by atoms with Crippen LogP contribution in [-0.2, 0) is 6.18 Å². The van der Waals surface area contributed by atoms with Gasteiger partial charge >= 0.3 is 6.18 Å². The van der Waals surface area contributed by atoms with E-state index >= 15 is 0 Å². The van der Waals surface area contributed by atoms with E-state index in [0.29, 0.717) is 5.75 Å². The average molecular weight is 425 g/mol. The number of aromatic nitrogens is 2. The number of pyridine rings is 2. The fourth-order valence-corrected chi connectivity index (χ4v) is 3.49. The van der Waals surface area contributed by atoms with Gasteiger partial charge in [0.1, 0.15) is 11.6 Å². The van der Waals surface area contributed by atoms with Crippen LogP contribution in [0.3, 0.4) is 0 Å². The lowest BCUT2D eigenvalue weighted by Gasteiger charge is -2.29. The number of piperidine rings is 1. The van der Waals surface area contributed by atoms with Crippen molar-refractivity contribution in [1.82, 2.24) is 9.97 Å². The molecule has 1 aliphatic rings. The van der Waals surface area contributed by atoms with E-state index in [1.807, 2.05) is 30.5 Å². The minimum absolute atomic E-state index is 0.122. The summed E-state index contributed by atoms with van der Waals surface area (Å²) in [6.45, 7) is 3.89. The maximum Gasteiger partial charge on any atom is 0.417 e. The Morgan fingerprint density at radius 1 is 1.00 bits per heavy atom. The first-order valence-electron chi connectivity index (χ1n) is 10.0. The molecule has 0 N–H and O–H groups in total. The van der Waals surface area contributed by atoms with Crippen LogP contribution in [0.25, 0.3) is 6.08 Å². The first-order chi connectivity index (χ1) is 14.9.